The summed E-state index contributed by atoms with van der Waals surface area (Å²) in [6.45, 7) is 8.41. The Hall–Kier alpha value is -3.58. The molecule has 0 aliphatic carbocycles. The first-order valence-electron chi connectivity index (χ1n) is 11.8. The molecular formula is C28H29N3O3S. The van der Waals surface area contributed by atoms with E-state index in [1.165, 1.54) is 0 Å². The second kappa shape index (κ2) is 8.89. The molecule has 180 valence electrons. The van der Waals surface area contributed by atoms with Crippen LogP contribution < -0.4 is 25.0 Å². The molecule has 3 aromatic rings. The number of nitrogens with one attached hydrogen (secondary N) is 2. The molecule has 0 unspecified atom stereocenters. The van der Waals surface area contributed by atoms with Crippen molar-refractivity contribution in [2.45, 2.75) is 39.5 Å². The van der Waals surface area contributed by atoms with Gasteiger partial charge in [-0.2, -0.15) is 0 Å². The molecule has 3 atom stereocenters. The first-order valence-corrected chi connectivity index (χ1v) is 12.2. The number of carbonyl (C=O) groups excluding carboxylic acids is 1. The van der Waals surface area contributed by atoms with E-state index in [1.807, 2.05) is 93.3 Å². The number of rotatable bonds is 5. The third kappa shape index (κ3) is 3.90. The van der Waals surface area contributed by atoms with Gasteiger partial charge < -0.3 is 20.1 Å². The standard InChI is InChI=1S/C28H29N3O3S/c1-5-33-22-13-9-12-20-24-23(26(32)29-21-15-14-17(2)16-18(21)3)28(4,34-25(20)22)31(27(35)30-24)19-10-7-6-8-11-19/h6-16,23-24H,5H2,1-4H3,(H,29,32)(H,30,35)/t23-,24-,28-/m0/s1. The maximum absolute atomic E-state index is 14.0. The monoisotopic (exact) mass is 487 g/mol. The number of anilines is 2. The molecule has 2 N–H and O–H groups in total. The van der Waals surface area contributed by atoms with Gasteiger partial charge in [-0.05, 0) is 69.7 Å². The number of nitrogens with zero attached hydrogens (tertiary/aromatic N) is 1. The molecule has 2 heterocycles. The van der Waals surface area contributed by atoms with Crippen molar-refractivity contribution in [1.82, 2.24) is 5.32 Å². The highest BCUT2D eigenvalue weighted by molar-refractivity contribution is 7.80. The minimum absolute atomic E-state index is 0.146. The van der Waals surface area contributed by atoms with Gasteiger partial charge in [-0.15, -0.1) is 0 Å². The number of fused-ring (bicyclic) bond motifs is 4. The Kier molecular flexibility index (Phi) is 5.89. The number of thiocarbonyl (C=S) groups is 1. The minimum Gasteiger partial charge on any atom is -0.490 e. The number of para-hydroxylation sites is 2. The van der Waals surface area contributed by atoms with Crippen molar-refractivity contribution >= 4 is 34.6 Å². The summed E-state index contributed by atoms with van der Waals surface area (Å²) in [4.78, 5) is 15.9. The van der Waals surface area contributed by atoms with E-state index in [-0.39, 0.29) is 11.9 Å². The van der Waals surface area contributed by atoms with Gasteiger partial charge in [0.1, 0.15) is 5.92 Å². The second-order valence-electron chi connectivity index (χ2n) is 9.15. The van der Waals surface area contributed by atoms with Crippen molar-refractivity contribution in [3.05, 3.63) is 83.4 Å². The molecule has 5 rings (SSSR count). The number of benzene rings is 3. The number of hydrogen-bond donors (Lipinski definition) is 2. The van der Waals surface area contributed by atoms with Crippen molar-refractivity contribution in [3.63, 3.8) is 0 Å². The highest BCUT2D eigenvalue weighted by Crippen LogP contribution is 2.52. The van der Waals surface area contributed by atoms with E-state index in [9.17, 15) is 4.79 Å². The fourth-order valence-corrected chi connectivity index (χ4v) is 5.58. The van der Waals surface area contributed by atoms with Crippen molar-refractivity contribution in [3.8, 4) is 11.5 Å². The Bertz CT molecular complexity index is 1300. The third-order valence-corrected chi connectivity index (χ3v) is 7.03. The molecule has 0 radical (unpaired) electrons. The highest BCUT2D eigenvalue weighted by Gasteiger charge is 2.59. The fraction of sp³-hybridized carbons (Fsp3) is 0.286. The van der Waals surface area contributed by atoms with Crippen LogP contribution in [0.1, 0.15) is 36.6 Å². The average molecular weight is 488 g/mol. The summed E-state index contributed by atoms with van der Waals surface area (Å²) < 4.78 is 12.6. The van der Waals surface area contributed by atoms with Gasteiger partial charge in [0, 0.05) is 16.9 Å². The van der Waals surface area contributed by atoms with Crippen LogP contribution in [0.15, 0.2) is 66.7 Å². The molecule has 2 bridgehead atoms. The van der Waals surface area contributed by atoms with Crippen molar-refractivity contribution in [2.75, 3.05) is 16.8 Å². The van der Waals surface area contributed by atoms with E-state index in [0.717, 1.165) is 28.1 Å². The normalized spacial score (nSPS) is 22.5. The Labute approximate surface area is 211 Å². The van der Waals surface area contributed by atoms with Crippen LogP contribution in [0.4, 0.5) is 11.4 Å². The Morgan fingerprint density at radius 1 is 1.14 bits per heavy atom. The molecule has 3 aromatic carbocycles. The Morgan fingerprint density at radius 3 is 2.63 bits per heavy atom. The van der Waals surface area contributed by atoms with Gasteiger partial charge in [0.05, 0.1) is 12.6 Å². The number of ether oxygens (including phenoxy) is 2. The van der Waals surface area contributed by atoms with E-state index in [2.05, 4.69) is 16.7 Å². The van der Waals surface area contributed by atoms with Gasteiger partial charge in [-0.3, -0.25) is 9.69 Å². The highest BCUT2D eigenvalue weighted by atomic mass is 32.1. The van der Waals surface area contributed by atoms with Crippen LogP contribution in [0.3, 0.4) is 0 Å². The quantitative estimate of drug-likeness (QED) is 0.464. The topological polar surface area (TPSA) is 62.8 Å². The lowest BCUT2D eigenvalue weighted by atomic mass is 9.78. The van der Waals surface area contributed by atoms with Crippen LogP contribution >= 0.6 is 12.2 Å². The maximum atomic E-state index is 14.0. The lowest BCUT2D eigenvalue weighted by Crippen LogP contribution is -2.72. The first-order chi connectivity index (χ1) is 16.8. The summed E-state index contributed by atoms with van der Waals surface area (Å²) >= 11 is 5.82. The van der Waals surface area contributed by atoms with E-state index in [0.29, 0.717) is 23.2 Å². The molecule has 35 heavy (non-hydrogen) atoms. The van der Waals surface area contributed by atoms with Crippen molar-refractivity contribution < 1.29 is 14.3 Å². The van der Waals surface area contributed by atoms with Crippen LogP contribution in [-0.4, -0.2) is 23.4 Å². The number of hydrogen-bond acceptors (Lipinski definition) is 4. The summed E-state index contributed by atoms with van der Waals surface area (Å²) in [5.74, 6) is 0.526. The zero-order valence-electron chi connectivity index (χ0n) is 20.3. The number of carbonyl (C=O) groups is 1. The molecular weight excluding hydrogens is 458 g/mol. The predicted octanol–water partition coefficient (Wildman–Crippen LogP) is 5.50. The summed E-state index contributed by atoms with van der Waals surface area (Å²) in [6, 6.07) is 21.2. The van der Waals surface area contributed by atoms with Crippen LogP contribution in [0.2, 0.25) is 0 Å². The largest absolute Gasteiger partial charge is 0.490 e. The van der Waals surface area contributed by atoms with Gasteiger partial charge in [-0.1, -0.05) is 48.0 Å². The number of amides is 1. The van der Waals surface area contributed by atoms with Crippen molar-refractivity contribution in [1.29, 1.82) is 0 Å². The van der Waals surface area contributed by atoms with E-state index < -0.39 is 11.6 Å². The van der Waals surface area contributed by atoms with E-state index in [4.69, 9.17) is 21.7 Å². The molecule has 2 aliphatic rings. The second-order valence-corrected chi connectivity index (χ2v) is 9.53. The van der Waals surface area contributed by atoms with Crippen LogP contribution in [-0.2, 0) is 4.79 Å². The first kappa shape index (κ1) is 23.2. The van der Waals surface area contributed by atoms with Gasteiger partial charge in [0.25, 0.3) is 0 Å². The number of aryl methyl sites for hydroxylation is 2. The van der Waals surface area contributed by atoms with E-state index in [1.54, 1.807) is 0 Å². The lowest BCUT2D eigenvalue weighted by Gasteiger charge is -2.56. The molecule has 0 aromatic heterocycles. The lowest BCUT2D eigenvalue weighted by molar-refractivity contribution is -0.130. The smallest absolute Gasteiger partial charge is 0.236 e. The molecule has 0 saturated carbocycles. The molecule has 7 heteroatoms. The Balaban J connectivity index is 1.64. The molecule has 1 fully saturated rings. The zero-order chi connectivity index (χ0) is 24.7. The van der Waals surface area contributed by atoms with Crippen LogP contribution in [0.5, 0.6) is 11.5 Å². The van der Waals surface area contributed by atoms with Crippen LogP contribution in [0, 0.1) is 19.8 Å². The average Bonchev–Trinajstić information content (AvgIpc) is 2.82. The minimum atomic E-state index is -1.10. The molecule has 1 amide bonds. The predicted molar refractivity (Wildman–Crippen MR) is 142 cm³/mol. The maximum Gasteiger partial charge on any atom is 0.236 e. The van der Waals surface area contributed by atoms with Gasteiger partial charge in [0.2, 0.25) is 5.91 Å². The molecule has 0 spiro atoms. The van der Waals surface area contributed by atoms with Crippen molar-refractivity contribution in [2.24, 2.45) is 5.92 Å². The summed E-state index contributed by atoms with van der Waals surface area (Å²) in [6.07, 6.45) is 0. The zero-order valence-corrected chi connectivity index (χ0v) is 21.1. The fourth-order valence-electron chi connectivity index (χ4n) is 5.17. The SMILES string of the molecule is CCOc1cccc2c1O[C@@]1(C)[C@H](C(=O)Nc3ccc(C)cc3C)[C@H]2NC(=S)N1c1ccccc1. The summed E-state index contributed by atoms with van der Waals surface area (Å²) in [7, 11) is 0. The van der Waals surface area contributed by atoms with Gasteiger partial charge >= 0.3 is 0 Å². The molecule has 1 saturated heterocycles. The van der Waals surface area contributed by atoms with Crippen LogP contribution in [0.25, 0.3) is 0 Å². The summed E-state index contributed by atoms with van der Waals surface area (Å²) in [5.41, 5.74) is 3.52. The van der Waals surface area contributed by atoms with E-state index >= 15 is 0 Å². The molecule has 6 nitrogen and oxygen atoms in total. The van der Waals surface area contributed by atoms with Gasteiger partial charge in [-0.25, -0.2) is 0 Å². The van der Waals surface area contributed by atoms with Gasteiger partial charge in [0.15, 0.2) is 22.3 Å². The third-order valence-electron chi connectivity index (χ3n) is 6.73. The Morgan fingerprint density at radius 2 is 1.91 bits per heavy atom. The molecule has 2 aliphatic heterocycles. The summed E-state index contributed by atoms with van der Waals surface area (Å²) in [5, 5.41) is 7.11.